The highest BCUT2D eigenvalue weighted by molar-refractivity contribution is 6.42. The molecule has 4 aromatic rings. The van der Waals surface area contributed by atoms with Gasteiger partial charge >= 0.3 is 6.03 Å². The third-order valence-corrected chi connectivity index (χ3v) is 7.58. The zero-order chi connectivity index (χ0) is 26.8. The van der Waals surface area contributed by atoms with Crippen molar-refractivity contribution in [1.82, 2.24) is 19.7 Å². The molecular weight excluding hydrogens is 525 g/mol. The lowest BCUT2D eigenvalue weighted by Gasteiger charge is -2.12. The van der Waals surface area contributed by atoms with E-state index in [2.05, 4.69) is 15.7 Å². The van der Waals surface area contributed by atoms with Crippen LogP contribution in [0.5, 0.6) is 5.75 Å². The highest BCUT2D eigenvalue weighted by Crippen LogP contribution is 2.38. The number of amides is 2. The van der Waals surface area contributed by atoms with E-state index < -0.39 is 0 Å². The molecule has 1 aliphatic rings. The van der Waals surface area contributed by atoms with Crippen LogP contribution in [-0.2, 0) is 13.6 Å². The molecule has 0 radical (unpaired) electrons. The molecule has 1 fully saturated rings. The molecule has 2 aromatic carbocycles. The van der Waals surface area contributed by atoms with Gasteiger partial charge in [0.25, 0.3) is 5.91 Å². The summed E-state index contributed by atoms with van der Waals surface area (Å²) in [7, 11) is 1.79. The number of anilines is 1. The van der Waals surface area contributed by atoms with E-state index in [1.54, 1.807) is 60.3 Å². The van der Waals surface area contributed by atoms with Crippen molar-refractivity contribution in [3.8, 4) is 17.0 Å². The van der Waals surface area contributed by atoms with Crippen LogP contribution in [0.2, 0.25) is 10.0 Å². The molecule has 1 aliphatic carbocycles. The summed E-state index contributed by atoms with van der Waals surface area (Å²) in [6.07, 6.45) is 5.92. The Morgan fingerprint density at radius 3 is 2.53 bits per heavy atom. The van der Waals surface area contributed by atoms with E-state index in [-0.39, 0.29) is 30.2 Å². The van der Waals surface area contributed by atoms with Crippen LogP contribution in [0.4, 0.5) is 10.5 Å². The maximum Gasteiger partial charge on any atom is 0.342 e. The summed E-state index contributed by atoms with van der Waals surface area (Å²) in [5, 5.41) is 22.0. The van der Waals surface area contributed by atoms with Gasteiger partial charge in [-0.2, -0.15) is 9.78 Å². The number of aromatic hydroxyl groups is 1. The largest absolute Gasteiger partial charge is 0.507 e. The average Bonchev–Trinajstić information content (AvgIpc) is 3.65. The first-order valence-corrected chi connectivity index (χ1v) is 13.1. The van der Waals surface area contributed by atoms with Crippen molar-refractivity contribution in [2.75, 3.05) is 5.32 Å². The first kappa shape index (κ1) is 25.9. The summed E-state index contributed by atoms with van der Waals surface area (Å²) in [6, 6.07) is 15.1. The van der Waals surface area contributed by atoms with Crippen LogP contribution in [-0.4, -0.2) is 31.4 Å². The summed E-state index contributed by atoms with van der Waals surface area (Å²) in [4.78, 5) is 25.8. The first-order valence-electron chi connectivity index (χ1n) is 12.4. The Hall–Kier alpha value is -3.75. The third-order valence-electron chi connectivity index (χ3n) is 6.84. The van der Waals surface area contributed by atoms with E-state index in [4.69, 9.17) is 23.2 Å². The third kappa shape index (κ3) is 5.42. The number of phenols is 1. The normalized spacial score (nSPS) is 13.6. The minimum absolute atomic E-state index is 0.0477. The number of nitrogens with one attached hydrogen (secondary N) is 2. The van der Waals surface area contributed by atoms with Crippen LogP contribution in [0.1, 0.15) is 53.3 Å². The molecule has 0 saturated heterocycles. The second-order valence-electron chi connectivity index (χ2n) is 9.45. The van der Waals surface area contributed by atoms with Gasteiger partial charge in [-0.1, -0.05) is 42.1 Å². The Bertz CT molecular complexity index is 1500. The molecule has 5 rings (SSSR count). The van der Waals surface area contributed by atoms with Crippen molar-refractivity contribution < 1.29 is 14.7 Å². The zero-order valence-corrected chi connectivity index (χ0v) is 22.3. The van der Waals surface area contributed by atoms with Crippen molar-refractivity contribution in [2.24, 2.45) is 7.05 Å². The van der Waals surface area contributed by atoms with Crippen molar-refractivity contribution in [3.05, 3.63) is 87.8 Å². The molecule has 3 N–H and O–H groups in total. The van der Waals surface area contributed by atoms with Gasteiger partial charge in [0.15, 0.2) is 0 Å². The minimum atomic E-state index is -0.366. The summed E-state index contributed by atoms with van der Waals surface area (Å²) in [5.41, 5.74) is 3.53. The summed E-state index contributed by atoms with van der Waals surface area (Å²) in [6.45, 7) is 0.260. The molecule has 2 aromatic heterocycles. The average molecular weight is 552 g/mol. The van der Waals surface area contributed by atoms with Gasteiger partial charge in [0.2, 0.25) is 0 Å². The van der Waals surface area contributed by atoms with Crippen molar-refractivity contribution >= 4 is 40.8 Å². The smallest absolute Gasteiger partial charge is 0.342 e. The summed E-state index contributed by atoms with van der Waals surface area (Å²) >= 11 is 12.1. The number of aromatic nitrogens is 3. The van der Waals surface area contributed by atoms with Crippen LogP contribution in [0.15, 0.2) is 60.8 Å². The van der Waals surface area contributed by atoms with Crippen LogP contribution in [0, 0.1) is 0 Å². The molecule has 0 atom stereocenters. The van der Waals surface area contributed by atoms with E-state index in [0.29, 0.717) is 32.7 Å². The van der Waals surface area contributed by atoms with Gasteiger partial charge in [0.05, 0.1) is 21.4 Å². The topological polar surface area (TPSA) is 101 Å². The van der Waals surface area contributed by atoms with Crippen molar-refractivity contribution in [3.63, 3.8) is 0 Å². The van der Waals surface area contributed by atoms with E-state index in [9.17, 15) is 14.7 Å². The van der Waals surface area contributed by atoms with Gasteiger partial charge in [-0.15, -0.1) is 0 Å². The predicted octanol–water partition coefficient (Wildman–Crippen LogP) is 6.57. The monoisotopic (exact) mass is 551 g/mol. The summed E-state index contributed by atoms with van der Waals surface area (Å²) in [5.74, 6) is -0.123. The Morgan fingerprint density at radius 2 is 1.84 bits per heavy atom. The SMILES string of the molecule is Cn1cccc1C(=O)Nc1ccc(-c2cc(C3CCCC3)n(C(=O)NCc3ccc(Cl)c(Cl)c3)n2)c(O)c1. The number of hydrogen-bond acceptors (Lipinski definition) is 4. The molecule has 8 nitrogen and oxygen atoms in total. The number of halogens is 2. The molecule has 0 bridgehead atoms. The van der Waals surface area contributed by atoms with Crippen LogP contribution in [0.25, 0.3) is 11.3 Å². The number of carbonyl (C=O) groups excluding carboxylic acids is 2. The van der Waals surface area contributed by atoms with Gasteiger partial charge in [-0.05, 0) is 60.9 Å². The van der Waals surface area contributed by atoms with Crippen LogP contribution in [0.3, 0.4) is 0 Å². The molecule has 196 valence electrons. The highest BCUT2D eigenvalue weighted by Gasteiger charge is 2.26. The number of hydrogen-bond donors (Lipinski definition) is 3. The maximum atomic E-state index is 13.2. The molecule has 0 aliphatic heterocycles. The fourth-order valence-electron chi connectivity index (χ4n) is 4.82. The second-order valence-corrected chi connectivity index (χ2v) is 10.3. The lowest BCUT2D eigenvalue weighted by atomic mass is 10.0. The fourth-order valence-corrected chi connectivity index (χ4v) is 5.14. The predicted molar refractivity (Wildman–Crippen MR) is 148 cm³/mol. The number of benzene rings is 2. The van der Waals surface area contributed by atoms with E-state index in [1.807, 2.05) is 6.07 Å². The number of nitrogens with zero attached hydrogens (tertiary/aromatic N) is 3. The fraction of sp³-hybridized carbons (Fsp3) is 0.250. The van der Waals surface area contributed by atoms with Crippen LogP contribution < -0.4 is 10.6 Å². The van der Waals surface area contributed by atoms with Gasteiger partial charge in [0.1, 0.15) is 11.4 Å². The molecular formula is C28H27Cl2N5O3. The molecule has 38 heavy (non-hydrogen) atoms. The lowest BCUT2D eigenvalue weighted by molar-refractivity contribution is 0.101. The summed E-state index contributed by atoms with van der Waals surface area (Å²) < 4.78 is 3.11. The zero-order valence-electron chi connectivity index (χ0n) is 20.7. The van der Waals surface area contributed by atoms with Crippen LogP contribution >= 0.6 is 23.2 Å². The molecule has 2 amide bonds. The molecule has 0 spiro atoms. The number of carbonyl (C=O) groups is 2. The molecule has 0 unspecified atom stereocenters. The minimum Gasteiger partial charge on any atom is -0.507 e. The maximum absolute atomic E-state index is 13.2. The van der Waals surface area contributed by atoms with Gasteiger partial charge in [-0.3, -0.25) is 4.79 Å². The first-order chi connectivity index (χ1) is 18.3. The standard InChI is InChI=1S/C28H27Cl2N5O3/c1-34-12-4-7-24(34)27(37)32-19-9-10-20(26(36)14-19)23-15-25(18-5-2-3-6-18)35(33-23)28(38)31-16-17-8-11-21(29)22(30)13-17/h4,7-15,18,36H,2-3,5-6,16H2,1H3,(H,31,38)(H,32,37). The highest BCUT2D eigenvalue weighted by atomic mass is 35.5. The van der Waals surface area contributed by atoms with Gasteiger partial charge in [0, 0.05) is 43.0 Å². The van der Waals surface area contributed by atoms with E-state index in [1.165, 1.54) is 10.7 Å². The van der Waals surface area contributed by atoms with Crippen molar-refractivity contribution in [1.29, 1.82) is 0 Å². The van der Waals surface area contributed by atoms with E-state index >= 15 is 0 Å². The number of rotatable bonds is 6. The number of aryl methyl sites for hydroxylation is 1. The Morgan fingerprint density at radius 1 is 1.05 bits per heavy atom. The van der Waals surface area contributed by atoms with Crippen molar-refractivity contribution in [2.45, 2.75) is 38.1 Å². The molecule has 2 heterocycles. The Kier molecular flexibility index (Phi) is 7.44. The quantitative estimate of drug-likeness (QED) is 0.252. The number of phenolic OH excluding ortho intramolecular Hbond substituents is 1. The Labute approximate surface area is 230 Å². The van der Waals surface area contributed by atoms with E-state index in [0.717, 1.165) is 36.9 Å². The molecule has 10 heteroatoms. The molecule has 1 saturated carbocycles. The van der Waals surface area contributed by atoms with Gasteiger partial charge < -0.3 is 20.3 Å². The Balaban J connectivity index is 1.38. The lowest BCUT2D eigenvalue weighted by Crippen LogP contribution is -2.30. The van der Waals surface area contributed by atoms with Gasteiger partial charge in [-0.25, -0.2) is 4.79 Å². The second kappa shape index (κ2) is 10.9.